The van der Waals surface area contributed by atoms with Gasteiger partial charge in [0.2, 0.25) is 0 Å². The van der Waals surface area contributed by atoms with Crippen LogP contribution in [0.3, 0.4) is 0 Å². The maximum atomic E-state index is 12.9. The summed E-state index contributed by atoms with van der Waals surface area (Å²) in [6, 6.07) is 0. The Kier molecular flexibility index (Phi) is 3.48. The van der Waals surface area contributed by atoms with E-state index in [1.165, 1.54) is 0 Å². The van der Waals surface area contributed by atoms with Crippen LogP contribution >= 0.6 is 0 Å². The van der Waals surface area contributed by atoms with E-state index < -0.39 is 19.3 Å². The average Bonchev–Trinajstić information content (AvgIpc) is 2.95. The van der Waals surface area contributed by atoms with Crippen molar-refractivity contribution in [1.29, 1.82) is 0 Å². The van der Waals surface area contributed by atoms with E-state index in [9.17, 15) is 13.5 Å². The van der Waals surface area contributed by atoms with Gasteiger partial charge in [-0.1, -0.05) is 27.7 Å². The Balaban J connectivity index is 3.22. The summed E-state index contributed by atoms with van der Waals surface area (Å²) in [5.41, 5.74) is -0.238. The van der Waals surface area contributed by atoms with Crippen LogP contribution in [0.5, 0.6) is 0 Å². The summed E-state index contributed by atoms with van der Waals surface area (Å²) in [5.74, 6) is -0.243. The molecule has 102 valence electrons. The number of aliphatic hydroxyl groups excluding tert-OH is 1. The molecule has 1 aliphatic carbocycles. The van der Waals surface area contributed by atoms with Crippen molar-refractivity contribution >= 4 is 9.84 Å². The molecule has 0 aromatic rings. The van der Waals surface area contributed by atoms with E-state index in [-0.39, 0.29) is 17.9 Å². The molecule has 0 aromatic carbocycles. The second kappa shape index (κ2) is 3.95. The smallest absolute Gasteiger partial charge is 0.162 e. The molecule has 1 fully saturated rings. The zero-order valence-corrected chi connectivity index (χ0v) is 12.7. The van der Waals surface area contributed by atoms with Crippen LogP contribution in [0.25, 0.3) is 0 Å². The molecule has 17 heavy (non-hydrogen) atoms. The van der Waals surface area contributed by atoms with Gasteiger partial charge in [0.25, 0.3) is 0 Å². The Hall–Kier alpha value is -0.0900. The lowest BCUT2D eigenvalue weighted by Gasteiger charge is -2.40. The van der Waals surface area contributed by atoms with E-state index >= 15 is 0 Å². The minimum absolute atomic E-state index is 0.0908. The van der Waals surface area contributed by atoms with E-state index in [0.29, 0.717) is 0 Å². The predicted octanol–water partition coefficient (Wildman–Crippen LogP) is 2.39. The molecule has 0 spiro atoms. The second-order valence-electron chi connectivity index (χ2n) is 6.93. The first-order chi connectivity index (χ1) is 7.44. The molecule has 0 bridgehead atoms. The van der Waals surface area contributed by atoms with Gasteiger partial charge in [0, 0.05) is 6.61 Å². The van der Waals surface area contributed by atoms with Crippen LogP contribution in [0.1, 0.15) is 54.4 Å². The number of hydrogen-bond acceptors (Lipinski definition) is 3. The van der Waals surface area contributed by atoms with Gasteiger partial charge in [0.05, 0.1) is 9.49 Å². The van der Waals surface area contributed by atoms with Gasteiger partial charge in [-0.2, -0.15) is 0 Å². The zero-order valence-electron chi connectivity index (χ0n) is 11.9. The van der Waals surface area contributed by atoms with E-state index in [1.54, 1.807) is 20.8 Å². The Morgan fingerprint density at radius 3 is 1.82 bits per heavy atom. The quantitative estimate of drug-likeness (QED) is 0.846. The van der Waals surface area contributed by atoms with Crippen LogP contribution in [0, 0.1) is 11.3 Å². The second-order valence-corrected chi connectivity index (χ2v) is 9.78. The molecule has 0 aromatic heterocycles. The predicted molar refractivity (Wildman–Crippen MR) is 70.7 cm³/mol. The van der Waals surface area contributed by atoms with E-state index in [4.69, 9.17) is 0 Å². The van der Waals surface area contributed by atoms with Crippen molar-refractivity contribution < 1.29 is 13.5 Å². The third-order valence-electron chi connectivity index (χ3n) is 4.74. The minimum Gasteiger partial charge on any atom is -0.396 e. The molecular weight excluding hydrogens is 236 g/mol. The third-order valence-corrected chi connectivity index (χ3v) is 8.58. The molecule has 1 unspecified atom stereocenters. The maximum absolute atomic E-state index is 12.9. The Labute approximate surface area is 106 Å². The Morgan fingerprint density at radius 1 is 1.18 bits per heavy atom. The van der Waals surface area contributed by atoms with Gasteiger partial charge in [0.1, 0.15) is 0 Å². The molecule has 0 heterocycles. The fraction of sp³-hybridized carbons (Fsp3) is 1.00. The number of rotatable bonds is 4. The highest BCUT2D eigenvalue weighted by Gasteiger charge is 2.65. The zero-order chi connectivity index (χ0) is 13.7. The topological polar surface area (TPSA) is 54.4 Å². The summed E-state index contributed by atoms with van der Waals surface area (Å²) in [5, 5.41) is 9.26. The lowest BCUT2D eigenvalue weighted by atomic mass is 9.89. The molecular formula is C13H26O3S. The summed E-state index contributed by atoms with van der Waals surface area (Å²) in [6.07, 6.45) is 1.50. The number of aliphatic hydroxyl groups is 1. The van der Waals surface area contributed by atoms with Crippen molar-refractivity contribution in [2.75, 3.05) is 6.61 Å². The molecule has 1 N–H and O–H groups in total. The largest absolute Gasteiger partial charge is 0.396 e. The molecule has 1 aliphatic rings. The van der Waals surface area contributed by atoms with Crippen LogP contribution < -0.4 is 0 Å². The van der Waals surface area contributed by atoms with E-state index in [2.05, 4.69) is 0 Å². The fourth-order valence-electron chi connectivity index (χ4n) is 2.52. The first kappa shape index (κ1) is 15.0. The van der Waals surface area contributed by atoms with Gasteiger partial charge in [-0.25, -0.2) is 8.42 Å². The summed E-state index contributed by atoms with van der Waals surface area (Å²) >= 11 is 0. The molecule has 1 rings (SSSR count). The summed E-state index contributed by atoms with van der Waals surface area (Å²) in [7, 11) is -3.26. The average molecular weight is 262 g/mol. The van der Waals surface area contributed by atoms with Gasteiger partial charge in [-0.05, 0) is 38.0 Å². The van der Waals surface area contributed by atoms with E-state index in [1.807, 2.05) is 20.8 Å². The highest BCUT2D eigenvalue weighted by atomic mass is 32.2. The van der Waals surface area contributed by atoms with Crippen molar-refractivity contribution in [3.05, 3.63) is 0 Å². The van der Waals surface area contributed by atoms with Gasteiger partial charge < -0.3 is 5.11 Å². The molecule has 0 amide bonds. The molecule has 1 atom stereocenters. The maximum Gasteiger partial charge on any atom is 0.162 e. The van der Waals surface area contributed by atoms with Crippen LogP contribution in [0.2, 0.25) is 0 Å². The minimum atomic E-state index is -3.26. The van der Waals surface area contributed by atoms with Gasteiger partial charge in [-0.3, -0.25) is 0 Å². The normalized spacial score (nSPS) is 22.3. The van der Waals surface area contributed by atoms with Gasteiger partial charge >= 0.3 is 0 Å². The van der Waals surface area contributed by atoms with Crippen molar-refractivity contribution in [1.82, 2.24) is 0 Å². The summed E-state index contributed by atoms with van der Waals surface area (Å²) in [4.78, 5) is 0. The van der Waals surface area contributed by atoms with Crippen LogP contribution in [0.15, 0.2) is 0 Å². The lowest BCUT2D eigenvalue weighted by molar-refractivity contribution is 0.208. The molecule has 0 radical (unpaired) electrons. The highest BCUT2D eigenvalue weighted by molar-refractivity contribution is 7.94. The van der Waals surface area contributed by atoms with Crippen molar-refractivity contribution in [3.63, 3.8) is 0 Å². The molecule has 3 nitrogen and oxygen atoms in total. The Morgan fingerprint density at radius 2 is 1.59 bits per heavy atom. The van der Waals surface area contributed by atoms with Crippen molar-refractivity contribution in [2.24, 2.45) is 11.3 Å². The standard InChI is InChI=1S/C13H26O3S/c1-10(9-14)12(5,6)17(15,16)13(7-8-13)11(2,3)4/h10,14H,7-9H2,1-6H3. The lowest BCUT2D eigenvalue weighted by Crippen LogP contribution is -2.51. The SMILES string of the molecule is CC(CO)C(C)(C)S(=O)(=O)C1(C(C)(C)C)CC1. The number of sulfone groups is 1. The molecule has 0 aliphatic heterocycles. The third kappa shape index (κ3) is 1.93. The Bertz CT molecular complexity index is 383. The van der Waals surface area contributed by atoms with Crippen LogP contribution in [0.4, 0.5) is 0 Å². The van der Waals surface area contributed by atoms with Crippen molar-refractivity contribution in [3.8, 4) is 0 Å². The van der Waals surface area contributed by atoms with E-state index in [0.717, 1.165) is 12.8 Å². The van der Waals surface area contributed by atoms with Crippen LogP contribution in [-0.2, 0) is 9.84 Å². The molecule has 4 heteroatoms. The molecule has 0 saturated heterocycles. The van der Waals surface area contributed by atoms with Gasteiger partial charge in [0.15, 0.2) is 9.84 Å². The summed E-state index contributed by atoms with van der Waals surface area (Å²) < 4.78 is 24.3. The first-order valence-electron chi connectivity index (χ1n) is 6.29. The first-order valence-corrected chi connectivity index (χ1v) is 7.77. The van der Waals surface area contributed by atoms with Crippen molar-refractivity contribution in [2.45, 2.75) is 63.9 Å². The highest BCUT2D eigenvalue weighted by Crippen LogP contribution is 2.59. The summed E-state index contributed by atoms with van der Waals surface area (Å²) in [6.45, 7) is 11.2. The monoisotopic (exact) mass is 262 g/mol. The number of hydrogen-bond donors (Lipinski definition) is 1. The fourth-order valence-corrected chi connectivity index (χ4v) is 5.58. The van der Waals surface area contributed by atoms with Crippen LogP contribution in [-0.4, -0.2) is 29.6 Å². The van der Waals surface area contributed by atoms with Gasteiger partial charge in [-0.15, -0.1) is 0 Å². The molecule has 1 saturated carbocycles.